The van der Waals surface area contributed by atoms with E-state index in [-0.39, 0.29) is 12.3 Å². The molecule has 0 spiro atoms. The quantitative estimate of drug-likeness (QED) is 0.227. The lowest BCUT2D eigenvalue weighted by atomic mass is 10.0. The Bertz CT molecular complexity index is 827. The Morgan fingerprint density at radius 3 is 1.91 bits per heavy atom. The molecule has 0 aromatic heterocycles. The lowest BCUT2D eigenvalue weighted by Gasteiger charge is -2.26. The van der Waals surface area contributed by atoms with Gasteiger partial charge in [0, 0.05) is 6.42 Å². The zero-order chi connectivity index (χ0) is 24.4. The monoisotopic (exact) mass is 449 g/mol. The molecule has 1 rings (SSSR count). The molecular weight excluding hydrogens is 418 g/mol. The van der Waals surface area contributed by atoms with Crippen molar-refractivity contribution in [2.75, 3.05) is 0 Å². The molecule has 4 unspecified atom stereocenters. The van der Waals surface area contributed by atoms with Gasteiger partial charge >= 0.3 is 5.97 Å². The minimum Gasteiger partial charge on any atom is -0.480 e. The molecule has 0 saturated heterocycles. The Kier molecular flexibility index (Phi) is 10.3. The van der Waals surface area contributed by atoms with Gasteiger partial charge in [0.1, 0.15) is 18.1 Å². The third kappa shape index (κ3) is 8.72. The van der Waals surface area contributed by atoms with Crippen LogP contribution in [0.25, 0.3) is 0 Å². The van der Waals surface area contributed by atoms with Gasteiger partial charge in [0.05, 0.1) is 12.5 Å². The Morgan fingerprint density at radius 2 is 1.44 bits per heavy atom. The molecule has 0 aliphatic rings. The Morgan fingerprint density at radius 1 is 0.875 bits per heavy atom. The standard InChI is InChI=1S/C21H31N5O6/c1-11(2)17(26-18(28)12(3)22)20(30)24-14(9-13-7-5-4-6-8-13)19(29)25-15(21(31)32)10-16(23)27/h4-8,11-12,14-15,17H,9-10,22H2,1-3H3,(H2,23,27)(H,24,30)(H,25,29)(H,26,28)(H,31,32). The van der Waals surface area contributed by atoms with Gasteiger partial charge in [0.15, 0.2) is 0 Å². The van der Waals surface area contributed by atoms with Gasteiger partial charge in [-0.05, 0) is 18.4 Å². The van der Waals surface area contributed by atoms with E-state index in [2.05, 4.69) is 16.0 Å². The van der Waals surface area contributed by atoms with E-state index in [4.69, 9.17) is 11.5 Å². The maximum atomic E-state index is 12.9. The highest BCUT2D eigenvalue weighted by molar-refractivity contribution is 5.95. The van der Waals surface area contributed by atoms with Crippen molar-refractivity contribution in [3.8, 4) is 0 Å². The summed E-state index contributed by atoms with van der Waals surface area (Å²) in [5.74, 6) is -4.63. The van der Waals surface area contributed by atoms with Crippen LogP contribution in [0.5, 0.6) is 0 Å². The summed E-state index contributed by atoms with van der Waals surface area (Å²) in [6.45, 7) is 4.90. The predicted molar refractivity (Wildman–Crippen MR) is 116 cm³/mol. The molecule has 0 saturated carbocycles. The normalized spacial score (nSPS) is 14.5. The van der Waals surface area contributed by atoms with Gasteiger partial charge in [-0.1, -0.05) is 44.2 Å². The van der Waals surface area contributed by atoms with Crippen LogP contribution in [-0.2, 0) is 30.4 Å². The molecule has 32 heavy (non-hydrogen) atoms. The lowest BCUT2D eigenvalue weighted by molar-refractivity contribution is -0.143. The average Bonchev–Trinajstić information content (AvgIpc) is 2.70. The van der Waals surface area contributed by atoms with E-state index in [0.717, 1.165) is 0 Å². The largest absolute Gasteiger partial charge is 0.480 e. The van der Waals surface area contributed by atoms with E-state index in [9.17, 15) is 29.1 Å². The molecule has 4 atom stereocenters. The van der Waals surface area contributed by atoms with E-state index < -0.39 is 60.2 Å². The van der Waals surface area contributed by atoms with E-state index in [1.165, 1.54) is 6.92 Å². The number of amides is 4. The van der Waals surface area contributed by atoms with E-state index >= 15 is 0 Å². The number of aliphatic carboxylic acids is 1. The van der Waals surface area contributed by atoms with Crippen LogP contribution in [0.2, 0.25) is 0 Å². The van der Waals surface area contributed by atoms with Crippen molar-refractivity contribution in [3.05, 3.63) is 35.9 Å². The summed E-state index contributed by atoms with van der Waals surface area (Å²) in [5.41, 5.74) is 11.3. The first kappa shape index (κ1) is 26.6. The van der Waals surface area contributed by atoms with Gasteiger partial charge in [-0.2, -0.15) is 0 Å². The Balaban J connectivity index is 3.10. The van der Waals surface area contributed by atoms with Gasteiger partial charge in [-0.3, -0.25) is 19.2 Å². The van der Waals surface area contributed by atoms with Crippen molar-refractivity contribution in [2.24, 2.45) is 17.4 Å². The molecule has 0 bridgehead atoms. The summed E-state index contributed by atoms with van der Waals surface area (Å²) < 4.78 is 0. The van der Waals surface area contributed by atoms with Crippen molar-refractivity contribution >= 4 is 29.6 Å². The molecule has 11 nitrogen and oxygen atoms in total. The summed E-state index contributed by atoms with van der Waals surface area (Å²) in [6.07, 6.45) is -0.556. The SMILES string of the molecule is CC(N)C(=O)NC(C(=O)NC(Cc1ccccc1)C(=O)NC(CC(N)=O)C(=O)O)C(C)C. The van der Waals surface area contributed by atoms with Crippen LogP contribution in [0.15, 0.2) is 30.3 Å². The molecule has 0 heterocycles. The van der Waals surface area contributed by atoms with Crippen LogP contribution in [0, 0.1) is 5.92 Å². The maximum Gasteiger partial charge on any atom is 0.326 e. The van der Waals surface area contributed by atoms with Crippen molar-refractivity contribution in [1.29, 1.82) is 0 Å². The van der Waals surface area contributed by atoms with Crippen molar-refractivity contribution in [2.45, 2.75) is 57.8 Å². The predicted octanol–water partition coefficient (Wildman–Crippen LogP) is -1.35. The second-order valence-corrected chi connectivity index (χ2v) is 7.84. The fourth-order valence-corrected chi connectivity index (χ4v) is 2.81. The number of benzene rings is 1. The fraction of sp³-hybridized carbons (Fsp3) is 0.476. The second-order valence-electron chi connectivity index (χ2n) is 7.84. The number of nitrogens with one attached hydrogen (secondary N) is 3. The molecule has 11 heteroatoms. The molecule has 1 aromatic carbocycles. The Labute approximate surface area is 186 Å². The third-order valence-electron chi connectivity index (χ3n) is 4.60. The van der Waals surface area contributed by atoms with Crippen LogP contribution in [-0.4, -0.2) is 58.9 Å². The number of rotatable bonds is 12. The molecule has 8 N–H and O–H groups in total. The first-order valence-corrected chi connectivity index (χ1v) is 10.1. The smallest absolute Gasteiger partial charge is 0.326 e. The van der Waals surface area contributed by atoms with Crippen LogP contribution in [0.3, 0.4) is 0 Å². The van der Waals surface area contributed by atoms with E-state index in [0.29, 0.717) is 5.56 Å². The zero-order valence-corrected chi connectivity index (χ0v) is 18.3. The number of nitrogens with two attached hydrogens (primary N) is 2. The van der Waals surface area contributed by atoms with Crippen LogP contribution < -0.4 is 27.4 Å². The number of carboxylic acid groups (broad SMARTS) is 1. The van der Waals surface area contributed by atoms with Crippen molar-refractivity contribution < 1.29 is 29.1 Å². The summed E-state index contributed by atoms with van der Waals surface area (Å²) in [5, 5.41) is 16.6. The third-order valence-corrected chi connectivity index (χ3v) is 4.60. The summed E-state index contributed by atoms with van der Waals surface area (Å²) in [6, 6.07) is 4.23. The fourth-order valence-electron chi connectivity index (χ4n) is 2.81. The molecule has 4 amide bonds. The Hall–Kier alpha value is -3.47. The van der Waals surface area contributed by atoms with Gasteiger partial charge in [-0.25, -0.2) is 4.79 Å². The highest BCUT2D eigenvalue weighted by Crippen LogP contribution is 2.08. The van der Waals surface area contributed by atoms with Gasteiger partial charge < -0.3 is 32.5 Å². The lowest BCUT2D eigenvalue weighted by Crippen LogP contribution is -2.58. The highest BCUT2D eigenvalue weighted by Gasteiger charge is 2.31. The second kappa shape index (κ2) is 12.4. The van der Waals surface area contributed by atoms with Crippen LogP contribution >= 0.6 is 0 Å². The molecule has 176 valence electrons. The summed E-state index contributed by atoms with van der Waals surface area (Å²) in [4.78, 5) is 60.3. The number of carbonyl (C=O) groups is 5. The number of carboxylic acids is 1. The molecule has 1 aromatic rings. The summed E-state index contributed by atoms with van der Waals surface area (Å²) >= 11 is 0. The minimum atomic E-state index is -1.55. The number of hydrogen-bond donors (Lipinski definition) is 6. The zero-order valence-electron chi connectivity index (χ0n) is 18.3. The van der Waals surface area contributed by atoms with E-state index in [1.807, 2.05) is 0 Å². The number of primary amides is 1. The number of carbonyl (C=O) groups excluding carboxylic acids is 4. The van der Waals surface area contributed by atoms with E-state index in [1.54, 1.807) is 44.2 Å². The average molecular weight is 450 g/mol. The number of hydrogen-bond acceptors (Lipinski definition) is 6. The topological polar surface area (TPSA) is 194 Å². The molecule has 0 fully saturated rings. The first-order chi connectivity index (χ1) is 14.9. The highest BCUT2D eigenvalue weighted by atomic mass is 16.4. The molecule has 0 aliphatic carbocycles. The molecule has 0 radical (unpaired) electrons. The minimum absolute atomic E-state index is 0.0490. The van der Waals surface area contributed by atoms with Crippen LogP contribution in [0.1, 0.15) is 32.8 Å². The molecular formula is C21H31N5O6. The summed E-state index contributed by atoms with van der Waals surface area (Å²) in [7, 11) is 0. The van der Waals surface area contributed by atoms with Crippen molar-refractivity contribution in [1.82, 2.24) is 16.0 Å². The van der Waals surface area contributed by atoms with Crippen LogP contribution in [0.4, 0.5) is 0 Å². The van der Waals surface area contributed by atoms with Gasteiger partial charge in [0.2, 0.25) is 23.6 Å². The first-order valence-electron chi connectivity index (χ1n) is 10.1. The maximum absolute atomic E-state index is 12.9. The molecule has 0 aliphatic heterocycles. The van der Waals surface area contributed by atoms with Gasteiger partial charge in [0.25, 0.3) is 0 Å². The van der Waals surface area contributed by atoms with Crippen molar-refractivity contribution in [3.63, 3.8) is 0 Å². The van der Waals surface area contributed by atoms with Gasteiger partial charge in [-0.15, -0.1) is 0 Å².